The fourth-order valence-corrected chi connectivity index (χ4v) is 2.98. The van der Waals surface area contributed by atoms with Gasteiger partial charge < -0.3 is 4.42 Å². The molecule has 118 valence electrons. The van der Waals surface area contributed by atoms with Crippen molar-refractivity contribution < 1.29 is 4.42 Å². The molecule has 4 rings (SSSR count). The Bertz CT molecular complexity index is 807. The van der Waals surface area contributed by atoms with Crippen LogP contribution in [-0.2, 0) is 19.5 Å². The summed E-state index contributed by atoms with van der Waals surface area (Å²) in [5.74, 6) is 2.09. The first kappa shape index (κ1) is 14.3. The Balaban J connectivity index is 1.51. The van der Waals surface area contributed by atoms with Crippen LogP contribution >= 0.6 is 0 Å². The lowest BCUT2D eigenvalue weighted by Gasteiger charge is -2.27. The summed E-state index contributed by atoms with van der Waals surface area (Å²) in [6.45, 7) is 6.81. The van der Waals surface area contributed by atoms with Crippen LogP contribution in [0.3, 0.4) is 0 Å². The summed E-state index contributed by atoms with van der Waals surface area (Å²) in [5.41, 5.74) is 4.18. The predicted molar refractivity (Wildman–Crippen MR) is 87.9 cm³/mol. The maximum absolute atomic E-state index is 5.83. The van der Waals surface area contributed by atoms with Crippen LogP contribution in [0.5, 0.6) is 0 Å². The van der Waals surface area contributed by atoms with Gasteiger partial charge >= 0.3 is 0 Å². The van der Waals surface area contributed by atoms with Gasteiger partial charge in [-0.1, -0.05) is 26.0 Å². The van der Waals surface area contributed by atoms with Crippen molar-refractivity contribution in [3.8, 4) is 0 Å². The summed E-state index contributed by atoms with van der Waals surface area (Å²) in [7, 11) is 0. The molecule has 0 atom stereocenters. The molecule has 5 nitrogen and oxygen atoms in total. The van der Waals surface area contributed by atoms with E-state index in [0.29, 0.717) is 5.92 Å². The van der Waals surface area contributed by atoms with Crippen molar-refractivity contribution >= 4 is 11.1 Å². The van der Waals surface area contributed by atoms with Crippen molar-refractivity contribution in [1.29, 1.82) is 0 Å². The summed E-state index contributed by atoms with van der Waals surface area (Å²) in [4.78, 5) is 16.1. The van der Waals surface area contributed by atoms with Gasteiger partial charge in [-0.05, 0) is 12.1 Å². The Hall–Kier alpha value is -2.27. The fraction of sp³-hybridized carbons (Fsp3) is 0.389. The van der Waals surface area contributed by atoms with Gasteiger partial charge in [-0.25, -0.2) is 15.0 Å². The largest absolute Gasteiger partial charge is 0.439 e. The number of hydrogen-bond donors (Lipinski definition) is 0. The number of aromatic nitrogens is 3. The Morgan fingerprint density at radius 1 is 1.22 bits per heavy atom. The third kappa shape index (κ3) is 2.84. The van der Waals surface area contributed by atoms with Crippen LogP contribution in [0.4, 0.5) is 0 Å². The zero-order valence-electron chi connectivity index (χ0n) is 13.5. The van der Waals surface area contributed by atoms with Crippen LogP contribution in [0.1, 0.15) is 42.7 Å². The van der Waals surface area contributed by atoms with Crippen LogP contribution in [0.25, 0.3) is 11.1 Å². The Kier molecular flexibility index (Phi) is 3.58. The van der Waals surface area contributed by atoms with Gasteiger partial charge in [-0.15, -0.1) is 0 Å². The van der Waals surface area contributed by atoms with Gasteiger partial charge in [0.15, 0.2) is 5.58 Å². The molecule has 2 aromatic heterocycles. The van der Waals surface area contributed by atoms with E-state index in [2.05, 4.69) is 28.7 Å². The summed E-state index contributed by atoms with van der Waals surface area (Å²) < 4.78 is 5.83. The lowest BCUT2D eigenvalue weighted by atomic mass is 10.1. The van der Waals surface area contributed by atoms with Crippen molar-refractivity contribution in [2.45, 2.75) is 39.3 Å². The average molecular weight is 308 g/mol. The molecule has 5 heteroatoms. The van der Waals surface area contributed by atoms with E-state index in [9.17, 15) is 0 Å². The van der Waals surface area contributed by atoms with Crippen LogP contribution in [0.15, 0.2) is 34.9 Å². The van der Waals surface area contributed by atoms with E-state index in [0.717, 1.165) is 48.9 Å². The molecule has 0 aliphatic carbocycles. The first-order chi connectivity index (χ1) is 11.2. The van der Waals surface area contributed by atoms with Gasteiger partial charge in [-0.3, -0.25) is 4.90 Å². The van der Waals surface area contributed by atoms with Crippen molar-refractivity contribution in [3.05, 3.63) is 53.4 Å². The molecule has 3 aromatic rings. The monoisotopic (exact) mass is 308 g/mol. The molecular formula is C18H20N4O. The second kappa shape index (κ2) is 5.74. The van der Waals surface area contributed by atoms with E-state index >= 15 is 0 Å². The van der Waals surface area contributed by atoms with Crippen molar-refractivity contribution in [2.75, 3.05) is 6.54 Å². The summed E-state index contributed by atoms with van der Waals surface area (Å²) in [5, 5.41) is 0. The maximum Gasteiger partial charge on any atom is 0.209 e. The molecule has 0 saturated carbocycles. The number of hydrogen-bond acceptors (Lipinski definition) is 5. The molecule has 0 spiro atoms. The molecule has 0 unspecified atom stereocenters. The number of fused-ring (bicyclic) bond motifs is 2. The van der Waals surface area contributed by atoms with Crippen LogP contribution < -0.4 is 0 Å². The van der Waals surface area contributed by atoms with Gasteiger partial charge in [0.05, 0.1) is 6.54 Å². The molecule has 1 aromatic carbocycles. The molecule has 3 heterocycles. The summed E-state index contributed by atoms with van der Waals surface area (Å²) in [6, 6.07) is 7.89. The van der Waals surface area contributed by atoms with Crippen molar-refractivity contribution in [2.24, 2.45) is 0 Å². The molecule has 0 amide bonds. The predicted octanol–water partition coefficient (Wildman–Crippen LogP) is 3.30. The van der Waals surface area contributed by atoms with Crippen LogP contribution in [-0.4, -0.2) is 26.4 Å². The van der Waals surface area contributed by atoms with E-state index in [1.165, 1.54) is 11.3 Å². The topological polar surface area (TPSA) is 55.1 Å². The average Bonchev–Trinajstić information content (AvgIpc) is 2.96. The first-order valence-electron chi connectivity index (χ1n) is 8.10. The second-order valence-corrected chi connectivity index (χ2v) is 6.39. The molecule has 0 N–H and O–H groups in total. The Morgan fingerprint density at radius 2 is 2.09 bits per heavy atom. The zero-order chi connectivity index (χ0) is 15.8. The number of benzene rings is 1. The minimum absolute atomic E-state index is 0.373. The van der Waals surface area contributed by atoms with E-state index in [1.807, 2.05) is 30.5 Å². The number of oxazole rings is 1. The standard InChI is InChI=1S/C18H20N4O/c1-12(2)18-19-9-13-10-22(8-7-14(13)21-18)11-17-20-15-5-3-4-6-16(15)23-17/h3-6,9,12H,7-8,10-11H2,1-2H3. The lowest BCUT2D eigenvalue weighted by molar-refractivity contribution is 0.221. The quantitative estimate of drug-likeness (QED) is 0.743. The van der Waals surface area contributed by atoms with Gasteiger partial charge in [-0.2, -0.15) is 0 Å². The maximum atomic E-state index is 5.83. The number of para-hydroxylation sites is 2. The summed E-state index contributed by atoms with van der Waals surface area (Å²) >= 11 is 0. The van der Waals surface area contributed by atoms with Gasteiger partial charge in [0.25, 0.3) is 0 Å². The van der Waals surface area contributed by atoms with Gasteiger partial charge in [0.1, 0.15) is 11.3 Å². The molecular weight excluding hydrogens is 288 g/mol. The molecule has 23 heavy (non-hydrogen) atoms. The second-order valence-electron chi connectivity index (χ2n) is 6.39. The highest BCUT2D eigenvalue weighted by Crippen LogP contribution is 2.22. The zero-order valence-corrected chi connectivity index (χ0v) is 13.5. The van der Waals surface area contributed by atoms with E-state index < -0.39 is 0 Å². The minimum atomic E-state index is 0.373. The third-order valence-electron chi connectivity index (χ3n) is 4.25. The molecule has 0 bridgehead atoms. The van der Waals surface area contributed by atoms with Gasteiger partial charge in [0, 0.05) is 42.9 Å². The highest BCUT2D eigenvalue weighted by atomic mass is 16.3. The molecule has 1 aliphatic heterocycles. The Morgan fingerprint density at radius 3 is 2.91 bits per heavy atom. The molecule has 0 fully saturated rings. The first-order valence-corrected chi connectivity index (χ1v) is 8.10. The van der Waals surface area contributed by atoms with E-state index in [4.69, 9.17) is 9.40 Å². The molecule has 0 saturated heterocycles. The lowest BCUT2D eigenvalue weighted by Crippen LogP contribution is -2.31. The number of rotatable bonds is 3. The third-order valence-corrected chi connectivity index (χ3v) is 4.25. The highest BCUT2D eigenvalue weighted by Gasteiger charge is 2.20. The van der Waals surface area contributed by atoms with Crippen molar-refractivity contribution in [3.63, 3.8) is 0 Å². The number of nitrogens with zero attached hydrogens (tertiary/aromatic N) is 4. The molecule has 1 aliphatic rings. The van der Waals surface area contributed by atoms with Gasteiger partial charge in [0.2, 0.25) is 5.89 Å². The molecule has 0 radical (unpaired) electrons. The Labute approximate surface area is 135 Å². The minimum Gasteiger partial charge on any atom is -0.439 e. The fourth-order valence-electron chi connectivity index (χ4n) is 2.98. The smallest absolute Gasteiger partial charge is 0.209 e. The van der Waals surface area contributed by atoms with Crippen molar-refractivity contribution in [1.82, 2.24) is 19.9 Å². The van der Waals surface area contributed by atoms with Crippen LogP contribution in [0, 0.1) is 0 Å². The highest BCUT2D eigenvalue weighted by molar-refractivity contribution is 5.72. The SMILES string of the molecule is CC(C)c1ncc2c(n1)CCN(Cc1nc3ccccc3o1)C2. The van der Waals surface area contributed by atoms with E-state index in [1.54, 1.807) is 0 Å². The van der Waals surface area contributed by atoms with E-state index in [-0.39, 0.29) is 0 Å². The summed E-state index contributed by atoms with van der Waals surface area (Å²) in [6.07, 6.45) is 2.94. The normalized spacial score (nSPS) is 15.3. The van der Waals surface area contributed by atoms with Crippen LogP contribution in [0.2, 0.25) is 0 Å².